The Balaban J connectivity index is 1.90. The molecular weight excluding hydrogens is 310 g/mol. The molecule has 2 aromatic rings. The number of piperidine rings is 1. The van der Waals surface area contributed by atoms with E-state index in [0.717, 1.165) is 0 Å². The van der Waals surface area contributed by atoms with Crippen LogP contribution in [0.3, 0.4) is 0 Å². The number of hydrogen-bond donors (Lipinski definition) is 3. The summed E-state index contributed by atoms with van der Waals surface area (Å²) < 4.78 is 0. The molecule has 0 bridgehead atoms. The van der Waals surface area contributed by atoms with Crippen LogP contribution in [0.15, 0.2) is 36.4 Å². The molecule has 1 aromatic heterocycles. The van der Waals surface area contributed by atoms with Crippen molar-refractivity contribution >= 4 is 28.7 Å². The van der Waals surface area contributed by atoms with Gasteiger partial charge < -0.3 is 21.1 Å². The molecule has 1 aliphatic heterocycles. The Morgan fingerprint density at radius 3 is 2.71 bits per heavy atom. The Hall–Kier alpha value is -2.87. The van der Waals surface area contributed by atoms with E-state index in [1.54, 1.807) is 30.3 Å². The number of nitro groups is 1. The number of aliphatic hydroxyl groups excluding tert-OH is 1. The van der Waals surface area contributed by atoms with Crippen molar-refractivity contribution in [1.29, 1.82) is 0 Å². The van der Waals surface area contributed by atoms with Crippen molar-refractivity contribution in [3.05, 3.63) is 46.5 Å². The van der Waals surface area contributed by atoms with Crippen LogP contribution in [0.4, 0.5) is 28.7 Å². The molecule has 24 heavy (non-hydrogen) atoms. The molecule has 0 spiro atoms. The van der Waals surface area contributed by atoms with Crippen LogP contribution in [0.1, 0.15) is 12.8 Å². The molecular formula is C16H19N5O3. The van der Waals surface area contributed by atoms with Crippen LogP contribution in [-0.2, 0) is 0 Å². The highest BCUT2D eigenvalue weighted by molar-refractivity contribution is 5.69. The van der Waals surface area contributed by atoms with Crippen LogP contribution in [0.5, 0.6) is 0 Å². The van der Waals surface area contributed by atoms with E-state index in [4.69, 9.17) is 5.73 Å². The Kier molecular flexibility index (Phi) is 4.48. The maximum Gasteiger partial charge on any atom is 0.311 e. The van der Waals surface area contributed by atoms with Crippen molar-refractivity contribution in [2.45, 2.75) is 18.9 Å². The molecule has 0 unspecified atom stereocenters. The van der Waals surface area contributed by atoms with Crippen molar-refractivity contribution in [3.63, 3.8) is 0 Å². The first kappa shape index (κ1) is 16.0. The van der Waals surface area contributed by atoms with E-state index in [0.29, 0.717) is 43.1 Å². The van der Waals surface area contributed by atoms with Gasteiger partial charge in [-0.05, 0) is 37.1 Å². The minimum atomic E-state index is -0.467. The Bertz CT molecular complexity index is 744. The molecule has 4 N–H and O–H groups in total. The SMILES string of the molecule is Nc1cccc(Nc2nc(N3CCC(O)CC3)ccc2[N+](=O)[O-])c1. The van der Waals surface area contributed by atoms with Crippen molar-refractivity contribution in [2.24, 2.45) is 0 Å². The number of nitrogens with one attached hydrogen (secondary N) is 1. The molecule has 0 radical (unpaired) electrons. The first-order valence-corrected chi connectivity index (χ1v) is 7.74. The second-order valence-corrected chi connectivity index (χ2v) is 5.76. The van der Waals surface area contributed by atoms with Gasteiger partial charge in [0.25, 0.3) is 0 Å². The zero-order chi connectivity index (χ0) is 17.1. The van der Waals surface area contributed by atoms with Gasteiger partial charge in [0.1, 0.15) is 5.82 Å². The van der Waals surface area contributed by atoms with Crippen LogP contribution >= 0.6 is 0 Å². The van der Waals surface area contributed by atoms with Crippen LogP contribution in [-0.4, -0.2) is 34.2 Å². The minimum absolute atomic E-state index is 0.0989. The summed E-state index contributed by atoms with van der Waals surface area (Å²) in [4.78, 5) is 17.2. The van der Waals surface area contributed by atoms with Crippen molar-refractivity contribution in [1.82, 2.24) is 4.98 Å². The fraction of sp³-hybridized carbons (Fsp3) is 0.312. The van der Waals surface area contributed by atoms with Gasteiger partial charge in [0.2, 0.25) is 5.82 Å². The first-order valence-electron chi connectivity index (χ1n) is 7.74. The number of nitrogens with two attached hydrogens (primary N) is 1. The fourth-order valence-electron chi connectivity index (χ4n) is 2.71. The summed E-state index contributed by atoms with van der Waals surface area (Å²) in [5.41, 5.74) is 6.84. The lowest BCUT2D eigenvalue weighted by molar-refractivity contribution is -0.384. The zero-order valence-electron chi connectivity index (χ0n) is 13.1. The summed E-state index contributed by atoms with van der Waals surface area (Å²) in [6.45, 7) is 1.34. The molecule has 1 aliphatic rings. The summed E-state index contributed by atoms with van der Waals surface area (Å²) in [7, 11) is 0. The third-order valence-corrected chi connectivity index (χ3v) is 3.99. The zero-order valence-corrected chi connectivity index (χ0v) is 13.1. The number of rotatable bonds is 4. The summed E-state index contributed by atoms with van der Waals surface area (Å²) in [5.74, 6) is 0.827. The number of benzene rings is 1. The highest BCUT2D eigenvalue weighted by Gasteiger charge is 2.22. The van der Waals surface area contributed by atoms with E-state index in [2.05, 4.69) is 10.3 Å². The lowest BCUT2D eigenvalue weighted by Crippen LogP contribution is -2.36. The first-order chi connectivity index (χ1) is 11.5. The van der Waals surface area contributed by atoms with E-state index in [1.807, 2.05) is 4.90 Å². The van der Waals surface area contributed by atoms with Gasteiger partial charge >= 0.3 is 5.69 Å². The second kappa shape index (κ2) is 6.71. The fourth-order valence-corrected chi connectivity index (χ4v) is 2.71. The highest BCUT2D eigenvalue weighted by Crippen LogP contribution is 2.30. The Morgan fingerprint density at radius 2 is 2.04 bits per heavy atom. The molecule has 0 aliphatic carbocycles. The van der Waals surface area contributed by atoms with Gasteiger partial charge in [-0.2, -0.15) is 0 Å². The maximum atomic E-state index is 11.3. The van der Waals surface area contributed by atoms with Gasteiger partial charge in [-0.15, -0.1) is 0 Å². The van der Waals surface area contributed by atoms with Crippen LogP contribution in [0, 0.1) is 10.1 Å². The molecule has 2 heterocycles. The average Bonchev–Trinajstić information content (AvgIpc) is 2.55. The third-order valence-electron chi connectivity index (χ3n) is 3.99. The number of nitrogens with zero attached hydrogens (tertiary/aromatic N) is 3. The monoisotopic (exact) mass is 329 g/mol. The van der Waals surface area contributed by atoms with E-state index in [-0.39, 0.29) is 17.6 Å². The molecule has 0 saturated carbocycles. The topological polar surface area (TPSA) is 118 Å². The quantitative estimate of drug-likeness (QED) is 0.447. The van der Waals surface area contributed by atoms with Gasteiger partial charge in [0.05, 0.1) is 11.0 Å². The molecule has 1 aromatic carbocycles. The molecule has 8 heteroatoms. The van der Waals surface area contributed by atoms with Gasteiger partial charge in [-0.3, -0.25) is 10.1 Å². The normalized spacial score (nSPS) is 15.3. The minimum Gasteiger partial charge on any atom is -0.399 e. The summed E-state index contributed by atoms with van der Waals surface area (Å²) in [6.07, 6.45) is 1.04. The van der Waals surface area contributed by atoms with Crippen LogP contribution in [0.25, 0.3) is 0 Å². The van der Waals surface area contributed by atoms with Crippen LogP contribution < -0.4 is 16.0 Å². The lowest BCUT2D eigenvalue weighted by atomic mass is 10.1. The molecule has 0 atom stereocenters. The molecule has 8 nitrogen and oxygen atoms in total. The van der Waals surface area contributed by atoms with Crippen molar-refractivity contribution in [2.75, 3.05) is 29.0 Å². The smallest absolute Gasteiger partial charge is 0.311 e. The van der Waals surface area contributed by atoms with E-state index in [1.165, 1.54) is 6.07 Å². The Morgan fingerprint density at radius 1 is 1.29 bits per heavy atom. The molecule has 1 fully saturated rings. The molecule has 0 amide bonds. The largest absolute Gasteiger partial charge is 0.399 e. The van der Waals surface area contributed by atoms with Crippen molar-refractivity contribution in [3.8, 4) is 0 Å². The number of aromatic nitrogens is 1. The number of hydrogen-bond acceptors (Lipinski definition) is 7. The number of aliphatic hydroxyl groups is 1. The number of anilines is 4. The predicted molar refractivity (Wildman–Crippen MR) is 92.5 cm³/mol. The Labute approximate surface area is 139 Å². The third kappa shape index (κ3) is 3.54. The summed E-state index contributed by atoms with van der Waals surface area (Å²) in [6, 6.07) is 10.0. The van der Waals surface area contributed by atoms with Crippen LogP contribution in [0.2, 0.25) is 0 Å². The standard InChI is InChI=1S/C16H19N5O3/c17-11-2-1-3-12(10-11)18-16-14(21(23)24)4-5-15(19-16)20-8-6-13(22)7-9-20/h1-5,10,13,22H,6-9,17H2,(H,18,19). The summed E-state index contributed by atoms with van der Waals surface area (Å²) in [5, 5.41) is 23.8. The summed E-state index contributed by atoms with van der Waals surface area (Å²) >= 11 is 0. The lowest BCUT2D eigenvalue weighted by Gasteiger charge is -2.30. The highest BCUT2D eigenvalue weighted by atomic mass is 16.6. The van der Waals surface area contributed by atoms with E-state index in [9.17, 15) is 15.2 Å². The molecule has 1 saturated heterocycles. The van der Waals surface area contributed by atoms with Crippen molar-refractivity contribution < 1.29 is 10.0 Å². The van der Waals surface area contributed by atoms with Gasteiger partial charge in [0.15, 0.2) is 0 Å². The van der Waals surface area contributed by atoms with Gasteiger partial charge in [0, 0.05) is 30.5 Å². The second-order valence-electron chi connectivity index (χ2n) is 5.76. The van der Waals surface area contributed by atoms with Gasteiger partial charge in [-0.25, -0.2) is 4.98 Å². The predicted octanol–water partition coefficient (Wildman–Crippen LogP) is 2.28. The van der Waals surface area contributed by atoms with E-state index < -0.39 is 4.92 Å². The number of pyridine rings is 1. The molecule has 3 rings (SSSR count). The number of nitrogen functional groups attached to an aromatic ring is 1. The average molecular weight is 329 g/mol. The maximum absolute atomic E-state index is 11.3. The van der Waals surface area contributed by atoms with E-state index >= 15 is 0 Å². The molecule has 126 valence electrons. The van der Waals surface area contributed by atoms with Gasteiger partial charge in [-0.1, -0.05) is 6.07 Å².